The first kappa shape index (κ1) is 40.4. The number of Topliss-reactive ketones (excluding diaryl/α,β-unsaturated/α-hetero) is 1. The highest BCUT2D eigenvalue weighted by Crippen LogP contribution is 2.52. The van der Waals surface area contributed by atoms with Gasteiger partial charge in [-0.05, 0) is 19.9 Å². The molecule has 3 aromatic rings. The van der Waals surface area contributed by atoms with Crippen LogP contribution in [0, 0.1) is 0 Å². The summed E-state index contributed by atoms with van der Waals surface area (Å²) in [6, 6.07) is 3.19. The van der Waals surface area contributed by atoms with Crippen LogP contribution in [0.1, 0.15) is 75.8 Å². The molecule has 6 atom stereocenters. The first-order valence-electron chi connectivity index (χ1n) is 17.6. The van der Waals surface area contributed by atoms with Crippen molar-refractivity contribution in [1.82, 2.24) is 10.6 Å². The van der Waals surface area contributed by atoms with Crippen LogP contribution in [0.3, 0.4) is 0 Å². The Bertz CT molecular complexity index is 2300. The molecule has 2 aliphatic carbocycles. The Morgan fingerprint density at radius 1 is 0.912 bits per heavy atom. The fraction of sp³-hybridized carbons (Fsp3) is 0.405. The minimum Gasteiger partial charge on any atom is -0.507 e. The lowest BCUT2D eigenvalue weighted by molar-refractivity contribution is -0.245. The second-order valence-corrected chi connectivity index (χ2v) is 13.9. The standard InChI is InChI=1S/C37H38N4O16/c1-13-30(47)17(41-29-28(35(52)36(29)53)40-11-21(44)38-10-20(43)39-12-22(45)46)7-23(56-13)57-19-9-37(54,14(2)42)8-16-25(19)34(51)27-26(32(16)49)31(48)15-5-4-6-18(55-3)24(15)33(27)50/h4-6,13,17,19,23,30,40-41,47,49,51,54H,7-12H2,1-3H3,(H,38,44)(H,39,43)(H,45,46)/t13-,17-,19-,23-,30+,37-/m0/s1. The molecule has 0 unspecified atom stereocenters. The number of carbonyl (C=O) groups is 6. The molecule has 57 heavy (non-hydrogen) atoms. The van der Waals surface area contributed by atoms with Gasteiger partial charge >= 0.3 is 5.97 Å². The minimum absolute atomic E-state index is 0.0379. The molecule has 0 saturated carbocycles. The topological polar surface area (TPSA) is 314 Å². The summed E-state index contributed by atoms with van der Waals surface area (Å²) >= 11 is 0. The number of nitrogens with one attached hydrogen (secondary N) is 4. The third-order valence-corrected chi connectivity index (χ3v) is 10.3. The number of aliphatic hydroxyl groups excluding tert-OH is 1. The van der Waals surface area contributed by atoms with Gasteiger partial charge in [0, 0.05) is 36.0 Å². The van der Waals surface area contributed by atoms with Crippen LogP contribution in [0.4, 0.5) is 11.4 Å². The molecule has 0 spiro atoms. The maximum Gasteiger partial charge on any atom is 0.322 e. The molecule has 1 saturated heterocycles. The van der Waals surface area contributed by atoms with Crippen LogP contribution in [0.25, 0.3) is 0 Å². The zero-order valence-electron chi connectivity index (χ0n) is 30.6. The second-order valence-electron chi connectivity index (χ2n) is 13.9. The number of fused-ring (bicyclic) bond motifs is 3. The maximum absolute atomic E-state index is 13.9. The SMILES string of the molecule is COc1cccc2c1C(=O)c1c(O)c3c(c(O)c1C2=O)C[C@@](O)(C(C)=O)C[C@@H]3O[C@H]1C[C@H](Nc2c(NCC(=O)NCC(=O)NCC(=O)O)c(=O)c2=O)[C@H](O)[C@H](C)O1. The van der Waals surface area contributed by atoms with Crippen LogP contribution < -0.4 is 36.9 Å². The Morgan fingerprint density at radius 2 is 1.56 bits per heavy atom. The van der Waals surface area contributed by atoms with Gasteiger partial charge in [-0.25, -0.2) is 0 Å². The van der Waals surface area contributed by atoms with Crippen LogP contribution in [0.2, 0.25) is 0 Å². The fourth-order valence-corrected chi connectivity index (χ4v) is 7.30. The van der Waals surface area contributed by atoms with Gasteiger partial charge in [0.15, 0.2) is 17.9 Å². The van der Waals surface area contributed by atoms with E-state index < -0.39 is 137 Å². The van der Waals surface area contributed by atoms with Crippen LogP contribution in [0.15, 0.2) is 27.8 Å². The van der Waals surface area contributed by atoms with Crippen molar-refractivity contribution < 1.29 is 68.5 Å². The van der Waals surface area contributed by atoms with Crippen molar-refractivity contribution in [3.8, 4) is 17.2 Å². The van der Waals surface area contributed by atoms with Crippen molar-refractivity contribution in [2.24, 2.45) is 0 Å². The highest BCUT2D eigenvalue weighted by atomic mass is 16.7. The summed E-state index contributed by atoms with van der Waals surface area (Å²) in [6.07, 6.45) is -6.48. The van der Waals surface area contributed by atoms with E-state index in [1.807, 2.05) is 0 Å². The third-order valence-electron chi connectivity index (χ3n) is 10.3. The van der Waals surface area contributed by atoms with Crippen molar-refractivity contribution in [2.75, 3.05) is 37.4 Å². The smallest absolute Gasteiger partial charge is 0.322 e. The van der Waals surface area contributed by atoms with Gasteiger partial charge in [-0.15, -0.1) is 0 Å². The monoisotopic (exact) mass is 794 g/mol. The molecule has 20 heteroatoms. The number of carboxylic acid groups (broad SMARTS) is 1. The zero-order chi connectivity index (χ0) is 41.7. The van der Waals surface area contributed by atoms with E-state index in [1.165, 1.54) is 32.2 Å². The van der Waals surface area contributed by atoms with Gasteiger partial charge in [0.1, 0.15) is 46.9 Å². The normalized spacial score (nSPS) is 23.8. The molecule has 2 amide bonds. The quantitative estimate of drug-likeness (QED) is 0.0550. The molecule has 9 N–H and O–H groups in total. The number of anilines is 2. The van der Waals surface area contributed by atoms with Crippen LogP contribution in [0.5, 0.6) is 17.2 Å². The number of carboxylic acids is 1. The van der Waals surface area contributed by atoms with E-state index in [0.717, 1.165) is 6.92 Å². The van der Waals surface area contributed by atoms with Crippen LogP contribution in [-0.4, -0.2) is 118 Å². The molecular formula is C37H38N4O16. The number of aliphatic hydroxyl groups is 2. The Morgan fingerprint density at radius 3 is 2.23 bits per heavy atom. The number of benzene rings is 2. The van der Waals surface area contributed by atoms with Crippen molar-refractivity contribution in [3.63, 3.8) is 0 Å². The molecule has 0 aromatic heterocycles. The Hall–Kier alpha value is -6.22. The molecule has 302 valence electrons. The van der Waals surface area contributed by atoms with E-state index >= 15 is 0 Å². The number of amides is 2. The first-order chi connectivity index (χ1) is 26.9. The molecule has 1 aliphatic heterocycles. The predicted molar refractivity (Wildman–Crippen MR) is 193 cm³/mol. The molecule has 6 rings (SSSR count). The van der Waals surface area contributed by atoms with Gasteiger partial charge in [-0.3, -0.25) is 38.4 Å². The van der Waals surface area contributed by atoms with E-state index in [0.29, 0.717) is 0 Å². The van der Waals surface area contributed by atoms with E-state index in [1.54, 1.807) is 0 Å². The number of hydrogen-bond acceptors (Lipinski definition) is 17. The number of ketones is 3. The van der Waals surface area contributed by atoms with Gasteiger partial charge in [0.05, 0.1) is 55.1 Å². The summed E-state index contributed by atoms with van der Waals surface area (Å²) in [5.74, 6) is -6.71. The minimum atomic E-state index is -2.19. The predicted octanol–water partition coefficient (Wildman–Crippen LogP) is -1.49. The molecule has 3 aromatic carbocycles. The fourth-order valence-electron chi connectivity index (χ4n) is 7.30. The summed E-state index contributed by atoms with van der Waals surface area (Å²) in [5.41, 5.74) is -6.49. The van der Waals surface area contributed by atoms with Crippen molar-refractivity contribution in [2.45, 2.75) is 69.4 Å². The van der Waals surface area contributed by atoms with Crippen molar-refractivity contribution in [3.05, 3.63) is 72.0 Å². The van der Waals surface area contributed by atoms with E-state index in [9.17, 15) is 58.8 Å². The van der Waals surface area contributed by atoms with Gasteiger partial charge in [-0.2, -0.15) is 0 Å². The number of hydrogen-bond donors (Lipinski definition) is 9. The summed E-state index contributed by atoms with van der Waals surface area (Å²) < 4.78 is 17.4. The van der Waals surface area contributed by atoms with E-state index in [-0.39, 0.29) is 45.8 Å². The molecule has 0 radical (unpaired) electrons. The maximum atomic E-state index is 13.9. The molecular weight excluding hydrogens is 756 g/mol. The lowest BCUT2D eigenvalue weighted by atomic mass is 9.72. The molecule has 3 aliphatic rings. The number of aromatic hydroxyl groups is 2. The van der Waals surface area contributed by atoms with E-state index in [4.69, 9.17) is 19.3 Å². The Labute approximate surface area is 321 Å². The number of rotatable bonds is 13. The number of phenols is 2. The number of methoxy groups -OCH3 is 1. The zero-order valence-corrected chi connectivity index (χ0v) is 30.6. The van der Waals surface area contributed by atoms with Crippen LogP contribution in [-0.2, 0) is 35.1 Å². The Balaban J connectivity index is 1.25. The van der Waals surface area contributed by atoms with Crippen molar-refractivity contribution in [1.29, 1.82) is 0 Å². The van der Waals surface area contributed by atoms with Gasteiger partial charge in [0.25, 0.3) is 10.9 Å². The summed E-state index contributed by atoms with van der Waals surface area (Å²) in [5, 5.41) is 64.0. The molecule has 1 fully saturated rings. The number of carbonyl (C=O) groups excluding carboxylic acids is 5. The average Bonchev–Trinajstić information content (AvgIpc) is 3.17. The summed E-state index contributed by atoms with van der Waals surface area (Å²) in [4.78, 5) is 100. The average molecular weight is 795 g/mol. The van der Waals surface area contributed by atoms with Crippen molar-refractivity contribution >= 4 is 46.5 Å². The number of aliphatic carboxylic acids is 1. The first-order valence-corrected chi connectivity index (χ1v) is 17.6. The molecule has 1 heterocycles. The largest absolute Gasteiger partial charge is 0.507 e. The van der Waals surface area contributed by atoms with E-state index in [2.05, 4.69) is 21.3 Å². The number of ether oxygens (including phenoxy) is 3. The lowest BCUT2D eigenvalue weighted by Crippen LogP contribution is -2.53. The molecule has 20 nitrogen and oxygen atoms in total. The van der Waals surface area contributed by atoms with Crippen LogP contribution >= 0.6 is 0 Å². The molecule has 0 bridgehead atoms. The third kappa shape index (κ3) is 7.30. The summed E-state index contributed by atoms with van der Waals surface area (Å²) in [6.45, 7) is 0.762. The van der Waals surface area contributed by atoms with Gasteiger partial charge in [-0.1, -0.05) is 12.1 Å². The highest BCUT2D eigenvalue weighted by Gasteiger charge is 2.49. The lowest BCUT2D eigenvalue weighted by Gasteiger charge is -2.43. The number of phenolic OH excluding ortho intramolecular Hbond substituents is 2. The summed E-state index contributed by atoms with van der Waals surface area (Å²) in [7, 11) is 1.29. The Kier molecular flexibility index (Phi) is 10.9. The second kappa shape index (κ2) is 15.4. The highest BCUT2D eigenvalue weighted by molar-refractivity contribution is 6.31. The van der Waals surface area contributed by atoms with Gasteiger partial charge < -0.3 is 61.0 Å². The van der Waals surface area contributed by atoms with Gasteiger partial charge in [0.2, 0.25) is 17.6 Å².